The highest BCUT2D eigenvalue weighted by Crippen LogP contribution is 2.16. The predicted molar refractivity (Wildman–Crippen MR) is 95.7 cm³/mol. The lowest BCUT2D eigenvalue weighted by Gasteiger charge is -2.28. The summed E-state index contributed by atoms with van der Waals surface area (Å²) in [5, 5.41) is 7.96. The number of rotatable bonds is 4. The van der Waals surface area contributed by atoms with Crippen molar-refractivity contribution in [3.8, 4) is 0 Å². The van der Waals surface area contributed by atoms with Gasteiger partial charge in [0.25, 0.3) is 0 Å². The van der Waals surface area contributed by atoms with Crippen LogP contribution in [0, 0.1) is 0 Å². The van der Waals surface area contributed by atoms with Crippen LogP contribution in [-0.2, 0) is 4.74 Å². The van der Waals surface area contributed by atoms with Gasteiger partial charge in [-0.1, -0.05) is 12.1 Å². The van der Waals surface area contributed by atoms with Crippen LogP contribution in [0.25, 0.3) is 0 Å². The Labute approximate surface area is 137 Å². The molecule has 1 fully saturated rings. The summed E-state index contributed by atoms with van der Waals surface area (Å²) in [6, 6.07) is 8.73. The summed E-state index contributed by atoms with van der Waals surface area (Å²) in [7, 11) is 0. The molecule has 0 bridgehead atoms. The molecule has 2 rings (SSSR count). The zero-order valence-electron chi connectivity index (χ0n) is 13.4. The number of ether oxygens (including phenoxy) is 1. The third kappa shape index (κ3) is 4.96. The van der Waals surface area contributed by atoms with Crippen LogP contribution in [0.1, 0.15) is 26.3 Å². The molecule has 2 N–H and O–H groups in total. The second-order valence-corrected chi connectivity index (χ2v) is 5.99. The summed E-state index contributed by atoms with van der Waals surface area (Å²) in [6.45, 7) is 9.53. The van der Waals surface area contributed by atoms with E-state index in [4.69, 9.17) is 17.0 Å². The molecule has 0 radical (unpaired) electrons. The lowest BCUT2D eigenvalue weighted by molar-refractivity contribution is 0.122. The Balaban J connectivity index is 1.95. The molecule has 0 saturated carbocycles. The number of morpholine rings is 1. The maximum Gasteiger partial charge on any atom is 0.187 e. The van der Waals surface area contributed by atoms with Gasteiger partial charge in [-0.25, -0.2) is 0 Å². The molecular weight excluding hydrogens is 296 g/mol. The van der Waals surface area contributed by atoms with E-state index >= 15 is 0 Å². The zero-order chi connectivity index (χ0) is 15.9. The van der Waals surface area contributed by atoms with Gasteiger partial charge < -0.3 is 15.0 Å². The van der Waals surface area contributed by atoms with Crippen LogP contribution < -0.4 is 15.6 Å². The van der Waals surface area contributed by atoms with E-state index in [1.807, 2.05) is 20.8 Å². The Morgan fingerprint density at radius 1 is 1.23 bits per heavy atom. The van der Waals surface area contributed by atoms with E-state index in [0.717, 1.165) is 37.6 Å². The van der Waals surface area contributed by atoms with Crippen LogP contribution in [0.5, 0.6) is 0 Å². The first kappa shape index (κ1) is 16.7. The van der Waals surface area contributed by atoms with Gasteiger partial charge in [0, 0.05) is 24.8 Å². The highest BCUT2D eigenvalue weighted by Gasteiger charge is 2.11. The first-order valence-electron chi connectivity index (χ1n) is 7.60. The van der Waals surface area contributed by atoms with Crippen molar-refractivity contribution in [3.63, 3.8) is 0 Å². The van der Waals surface area contributed by atoms with Crippen molar-refractivity contribution in [2.75, 3.05) is 31.2 Å². The molecule has 1 aromatic carbocycles. The molecular formula is C16H24N4OS. The van der Waals surface area contributed by atoms with E-state index in [9.17, 15) is 0 Å². The zero-order valence-corrected chi connectivity index (χ0v) is 14.2. The van der Waals surface area contributed by atoms with Crippen molar-refractivity contribution in [1.82, 2.24) is 10.7 Å². The van der Waals surface area contributed by atoms with Crippen molar-refractivity contribution in [3.05, 3.63) is 29.8 Å². The Morgan fingerprint density at radius 2 is 1.86 bits per heavy atom. The average molecular weight is 320 g/mol. The van der Waals surface area contributed by atoms with Crippen molar-refractivity contribution in [2.24, 2.45) is 5.10 Å². The lowest BCUT2D eigenvalue weighted by atomic mass is 10.1. The van der Waals surface area contributed by atoms with Gasteiger partial charge in [0.2, 0.25) is 0 Å². The van der Waals surface area contributed by atoms with E-state index in [1.54, 1.807) is 0 Å². The summed E-state index contributed by atoms with van der Waals surface area (Å²) >= 11 is 5.16. The molecule has 1 heterocycles. The molecule has 1 aliphatic rings. The van der Waals surface area contributed by atoms with E-state index in [-0.39, 0.29) is 0 Å². The van der Waals surface area contributed by atoms with Crippen LogP contribution in [0.2, 0.25) is 0 Å². The van der Waals surface area contributed by atoms with Crippen molar-refractivity contribution >= 4 is 28.7 Å². The SMILES string of the molecule is C/C(=N\NC(=S)NC(C)C)c1ccc(N2CCOCC2)cc1. The number of anilines is 1. The fourth-order valence-electron chi connectivity index (χ4n) is 2.23. The molecule has 120 valence electrons. The molecule has 0 spiro atoms. The van der Waals surface area contributed by atoms with Gasteiger partial charge in [-0.15, -0.1) is 0 Å². The maximum atomic E-state index is 5.38. The minimum absolute atomic E-state index is 0.295. The van der Waals surface area contributed by atoms with E-state index in [0.29, 0.717) is 11.2 Å². The number of hydrazone groups is 1. The van der Waals surface area contributed by atoms with Gasteiger partial charge in [0.1, 0.15) is 0 Å². The van der Waals surface area contributed by atoms with Gasteiger partial charge in [-0.3, -0.25) is 5.43 Å². The largest absolute Gasteiger partial charge is 0.378 e. The van der Waals surface area contributed by atoms with E-state index in [1.165, 1.54) is 5.69 Å². The monoisotopic (exact) mass is 320 g/mol. The molecule has 22 heavy (non-hydrogen) atoms. The van der Waals surface area contributed by atoms with Crippen LogP contribution >= 0.6 is 12.2 Å². The molecule has 0 aliphatic carbocycles. The number of benzene rings is 1. The van der Waals surface area contributed by atoms with Crippen molar-refractivity contribution in [1.29, 1.82) is 0 Å². The molecule has 0 atom stereocenters. The van der Waals surface area contributed by atoms with Gasteiger partial charge in [-0.2, -0.15) is 5.10 Å². The third-order valence-corrected chi connectivity index (χ3v) is 3.62. The number of hydrogen-bond acceptors (Lipinski definition) is 4. The second kappa shape index (κ2) is 8.10. The summed E-state index contributed by atoms with van der Waals surface area (Å²) < 4.78 is 5.38. The van der Waals surface area contributed by atoms with Crippen LogP contribution in [-0.4, -0.2) is 43.2 Å². The van der Waals surface area contributed by atoms with Crippen LogP contribution in [0.4, 0.5) is 5.69 Å². The molecule has 0 unspecified atom stereocenters. The van der Waals surface area contributed by atoms with Crippen molar-refractivity contribution < 1.29 is 4.74 Å². The first-order chi connectivity index (χ1) is 10.6. The summed E-state index contributed by atoms with van der Waals surface area (Å²) in [4.78, 5) is 2.33. The number of hydrogen-bond donors (Lipinski definition) is 2. The topological polar surface area (TPSA) is 48.9 Å². The molecule has 0 amide bonds. The smallest absolute Gasteiger partial charge is 0.187 e. The lowest BCUT2D eigenvalue weighted by Crippen LogP contribution is -2.37. The summed E-state index contributed by atoms with van der Waals surface area (Å²) in [6.07, 6.45) is 0. The normalized spacial score (nSPS) is 15.8. The Bertz CT molecular complexity index is 521. The van der Waals surface area contributed by atoms with Gasteiger partial charge in [0.15, 0.2) is 5.11 Å². The Kier molecular flexibility index (Phi) is 6.15. The Hall–Kier alpha value is -1.66. The van der Waals surface area contributed by atoms with E-state index in [2.05, 4.69) is 45.0 Å². The second-order valence-electron chi connectivity index (χ2n) is 5.58. The quantitative estimate of drug-likeness (QED) is 0.506. The van der Waals surface area contributed by atoms with Gasteiger partial charge in [0.05, 0.1) is 18.9 Å². The highest BCUT2D eigenvalue weighted by atomic mass is 32.1. The van der Waals surface area contributed by atoms with E-state index < -0.39 is 0 Å². The number of thiocarbonyl (C=S) groups is 1. The number of nitrogens with zero attached hydrogens (tertiary/aromatic N) is 2. The molecule has 6 heteroatoms. The fourth-order valence-corrected chi connectivity index (χ4v) is 2.51. The molecule has 5 nitrogen and oxygen atoms in total. The summed E-state index contributed by atoms with van der Waals surface area (Å²) in [5.74, 6) is 0. The molecule has 1 saturated heterocycles. The first-order valence-corrected chi connectivity index (χ1v) is 8.01. The average Bonchev–Trinajstić information content (AvgIpc) is 2.53. The molecule has 1 aliphatic heterocycles. The predicted octanol–water partition coefficient (Wildman–Crippen LogP) is 2.12. The van der Waals surface area contributed by atoms with Crippen molar-refractivity contribution in [2.45, 2.75) is 26.8 Å². The molecule has 0 aromatic heterocycles. The van der Waals surface area contributed by atoms with Gasteiger partial charge in [-0.05, 0) is 50.7 Å². The number of nitrogens with one attached hydrogen (secondary N) is 2. The molecule has 1 aromatic rings. The van der Waals surface area contributed by atoms with Gasteiger partial charge >= 0.3 is 0 Å². The highest BCUT2D eigenvalue weighted by molar-refractivity contribution is 7.80. The third-order valence-electron chi connectivity index (χ3n) is 3.41. The maximum absolute atomic E-state index is 5.38. The Morgan fingerprint density at radius 3 is 2.45 bits per heavy atom. The standard InChI is InChI=1S/C16H24N4OS/c1-12(2)17-16(22)19-18-13(3)14-4-6-15(7-5-14)20-8-10-21-11-9-20/h4-7,12H,8-11H2,1-3H3,(H2,17,19,22)/b18-13+. The summed E-state index contributed by atoms with van der Waals surface area (Å²) in [5.41, 5.74) is 6.08. The van der Waals surface area contributed by atoms with Crippen LogP contribution in [0.3, 0.4) is 0 Å². The minimum atomic E-state index is 0.295. The fraction of sp³-hybridized carbons (Fsp3) is 0.500. The van der Waals surface area contributed by atoms with Crippen LogP contribution in [0.15, 0.2) is 29.4 Å². The minimum Gasteiger partial charge on any atom is -0.378 e.